The number of piperidine rings is 1. The Kier molecular flexibility index (Phi) is 4.43. The number of carbonyl (C=O) groups is 1. The summed E-state index contributed by atoms with van der Waals surface area (Å²) in [5, 5.41) is 12.7. The fraction of sp³-hybridized carbons (Fsp3) is 0.429. The normalized spacial score (nSPS) is 21.7. The first-order valence-corrected chi connectivity index (χ1v) is 6.71. The van der Waals surface area contributed by atoms with Crippen LogP contribution in [-0.4, -0.2) is 34.8 Å². The zero-order chi connectivity index (χ0) is 13.8. The monoisotopic (exact) mass is 280 g/mol. The third-order valence-electron chi connectivity index (χ3n) is 3.43. The molecule has 0 bridgehead atoms. The zero-order valence-corrected chi connectivity index (χ0v) is 11.6. The lowest BCUT2D eigenvalue weighted by atomic mass is 9.97. The Balaban J connectivity index is 1.98. The van der Waals surface area contributed by atoms with Crippen LogP contribution in [0, 0.1) is 5.92 Å². The van der Waals surface area contributed by atoms with Gasteiger partial charge in [-0.1, -0.05) is 35.8 Å². The first-order valence-electron chi connectivity index (χ1n) is 6.33. The van der Waals surface area contributed by atoms with E-state index in [1.165, 1.54) is 0 Å². The molecule has 0 saturated carbocycles. The van der Waals surface area contributed by atoms with Gasteiger partial charge in [0.05, 0.1) is 12.1 Å². The molecule has 19 heavy (non-hydrogen) atoms. The van der Waals surface area contributed by atoms with Crippen molar-refractivity contribution in [2.24, 2.45) is 11.1 Å². The minimum atomic E-state index is 0.0890. The molecule has 2 rings (SSSR count). The molecule has 1 amide bonds. The van der Waals surface area contributed by atoms with Crippen molar-refractivity contribution in [1.29, 1.82) is 0 Å². The van der Waals surface area contributed by atoms with Crippen LogP contribution < -0.4 is 0 Å². The summed E-state index contributed by atoms with van der Waals surface area (Å²) < 4.78 is 0. The van der Waals surface area contributed by atoms with E-state index in [4.69, 9.17) is 16.8 Å². The average Bonchev–Trinajstić information content (AvgIpc) is 2.38. The molecule has 4 nitrogen and oxygen atoms in total. The van der Waals surface area contributed by atoms with E-state index in [1.54, 1.807) is 6.07 Å². The topological polar surface area (TPSA) is 52.9 Å². The molecule has 1 atom stereocenters. The molecule has 1 unspecified atom stereocenters. The van der Waals surface area contributed by atoms with E-state index in [1.807, 2.05) is 30.0 Å². The van der Waals surface area contributed by atoms with Gasteiger partial charge in [-0.3, -0.25) is 4.79 Å². The summed E-state index contributed by atoms with van der Waals surface area (Å²) in [5.41, 5.74) is 1.69. The molecule has 1 aliphatic rings. The molecule has 1 fully saturated rings. The number of hydrogen-bond acceptors (Lipinski definition) is 3. The van der Waals surface area contributed by atoms with Crippen LogP contribution in [0.5, 0.6) is 0 Å². The van der Waals surface area contributed by atoms with Crippen molar-refractivity contribution in [3.63, 3.8) is 0 Å². The van der Waals surface area contributed by atoms with E-state index < -0.39 is 0 Å². The van der Waals surface area contributed by atoms with Gasteiger partial charge in [0.25, 0.3) is 0 Å². The maximum absolute atomic E-state index is 12.2. The van der Waals surface area contributed by atoms with E-state index in [9.17, 15) is 4.79 Å². The first-order chi connectivity index (χ1) is 9.10. The van der Waals surface area contributed by atoms with Gasteiger partial charge in [-0.2, -0.15) is 0 Å². The molecule has 102 valence electrons. The number of oxime groups is 1. The Hall–Kier alpha value is -1.55. The van der Waals surface area contributed by atoms with Crippen LogP contribution in [0.4, 0.5) is 0 Å². The molecule has 1 saturated heterocycles. The third kappa shape index (κ3) is 3.47. The molecule has 1 aliphatic heterocycles. The lowest BCUT2D eigenvalue weighted by Gasteiger charge is -2.31. The summed E-state index contributed by atoms with van der Waals surface area (Å²) in [6, 6.07) is 7.36. The highest BCUT2D eigenvalue weighted by atomic mass is 35.5. The third-order valence-corrected chi connectivity index (χ3v) is 3.66. The van der Waals surface area contributed by atoms with Crippen molar-refractivity contribution in [3.05, 3.63) is 34.9 Å². The van der Waals surface area contributed by atoms with Gasteiger partial charge in [0.2, 0.25) is 5.91 Å². The number of benzene rings is 1. The summed E-state index contributed by atoms with van der Waals surface area (Å²) in [5.74, 6) is 0.202. The van der Waals surface area contributed by atoms with Gasteiger partial charge in [0.1, 0.15) is 0 Å². The Morgan fingerprint density at radius 2 is 2.37 bits per heavy atom. The highest BCUT2D eigenvalue weighted by molar-refractivity contribution is 6.30. The van der Waals surface area contributed by atoms with E-state index in [0.717, 1.165) is 11.3 Å². The van der Waals surface area contributed by atoms with Gasteiger partial charge in [-0.05, 0) is 17.7 Å². The van der Waals surface area contributed by atoms with Gasteiger partial charge >= 0.3 is 0 Å². The van der Waals surface area contributed by atoms with Gasteiger partial charge in [0.15, 0.2) is 0 Å². The first kappa shape index (κ1) is 13.9. The highest BCUT2D eigenvalue weighted by Crippen LogP contribution is 2.16. The number of nitrogens with zero attached hydrogens (tertiary/aromatic N) is 2. The number of hydrogen-bond donors (Lipinski definition) is 1. The Morgan fingerprint density at radius 1 is 1.58 bits per heavy atom. The molecule has 0 aromatic heterocycles. The summed E-state index contributed by atoms with van der Waals surface area (Å²) in [6.45, 7) is 3.19. The Bertz CT molecular complexity index is 502. The molecule has 0 radical (unpaired) electrons. The Labute approximate surface area is 117 Å². The predicted molar refractivity (Wildman–Crippen MR) is 74.7 cm³/mol. The van der Waals surface area contributed by atoms with Gasteiger partial charge < -0.3 is 10.1 Å². The van der Waals surface area contributed by atoms with Crippen molar-refractivity contribution in [3.8, 4) is 0 Å². The summed E-state index contributed by atoms with van der Waals surface area (Å²) in [4.78, 5) is 14.0. The van der Waals surface area contributed by atoms with Crippen LogP contribution in [0.2, 0.25) is 5.02 Å². The zero-order valence-electron chi connectivity index (χ0n) is 10.8. The minimum absolute atomic E-state index is 0.0890. The molecule has 1 heterocycles. The summed E-state index contributed by atoms with van der Waals surface area (Å²) in [6.07, 6.45) is 0.998. The molecule has 1 N–H and O–H groups in total. The number of carbonyl (C=O) groups excluding carboxylic acids is 1. The fourth-order valence-corrected chi connectivity index (χ4v) is 2.54. The maximum Gasteiger partial charge on any atom is 0.227 e. The van der Waals surface area contributed by atoms with Crippen molar-refractivity contribution >= 4 is 23.2 Å². The fourth-order valence-electron chi connectivity index (χ4n) is 2.33. The standard InChI is InChI=1S/C14H17ClN2O2/c1-10-9-17(6-5-13(10)16-19)14(18)8-11-3-2-4-12(15)7-11/h2-4,7,10,19H,5-6,8-9H2,1H3/b16-13+. The van der Waals surface area contributed by atoms with Gasteiger partial charge in [-0.15, -0.1) is 0 Å². The lowest BCUT2D eigenvalue weighted by Crippen LogP contribution is -2.43. The van der Waals surface area contributed by atoms with Gasteiger partial charge in [0, 0.05) is 30.5 Å². The maximum atomic E-state index is 12.2. The predicted octanol–water partition coefficient (Wildman–Crippen LogP) is 2.58. The van der Waals surface area contributed by atoms with Crippen molar-refractivity contribution in [1.82, 2.24) is 4.90 Å². The van der Waals surface area contributed by atoms with Crippen LogP contribution >= 0.6 is 11.6 Å². The SMILES string of the molecule is CC1CN(C(=O)Cc2cccc(Cl)c2)CC/C1=N\O. The molecule has 0 spiro atoms. The summed E-state index contributed by atoms with van der Waals surface area (Å²) in [7, 11) is 0. The van der Waals surface area contributed by atoms with E-state index in [2.05, 4.69) is 5.16 Å². The Morgan fingerprint density at radius 3 is 3.00 bits per heavy atom. The largest absolute Gasteiger partial charge is 0.411 e. The smallest absolute Gasteiger partial charge is 0.227 e. The molecule has 1 aromatic carbocycles. The second-order valence-corrected chi connectivity index (χ2v) is 5.33. The molecular formula is C14H17ClN2O2. The van der Waals surface area contributed by atoms with Crippen molar-refractivity contribution in [2.45, 2.75) is 19.8 Å². The highest BCUT2D eigenvalue weighted by Gasteiger charge is 2.25. The van der Waals surface area contributed by atoms with Crippen LogP contribution in [-0.2, 0) is 11.2 Å². The van der Waals surface area contributed by atoms with E-state index in [-0.39, 0.29) is 11.8 Å². The quantitative estimate of drug-likeness (QED) is 0.669. The van der Waals surface area contributed by atoms with Crippen LogP contribution in [0.25, 0.3) is 0 Å². The van der Waals surface area contributed by atoms with Gasteiger partial charge in [-0.25, -0.2) is 0 Å². The van der Waals surface area contributed by atoms with E-state index >= 15 is 0 Å². The minimum Gasteiger partial charge on any atom is -0.411 e. The van der Waals surface area contributed by atoms with Crippen molar-refractivity contribution < 1.29 is 10.0 Å². The number of amides is 1. The number of halogens is 1. The molecular weight excluding hydrogens is 264 g/mol. The van der Waals surface area contributed by atoms with E-state index in [0.29, 0.717) is 31.0 Å². The van der Waals surface area contributed by atoms with Crippen LogP contribution in [0.15, 0.2) is 29.4 Å². The molecule has 1 aromatic rings. The van der Waals surface area contributed by atoms with Crippen molar-refractivity contribution in [2.75, 3.05) is 13.1 Å². The van der Waals surface area contributed by atoms with Crippen LogP contribution in [0.3, 0.4) is 0 Å². The summed E-state index contributed by atoms with van der Waals surface area (Å²) >= 11 is 5.91. The average molecular weight is 281 g/mol. The molecule has 0 aliphatic carbocycles. The number of rotatable bonds is 2. The second-order valence-electron chi connectivity index (χ2n) is 4.89. The van der Waals surface area contributed by atoms with Crippen LogP contribution in [0.1, 0.15) is 18.9 Å². The lowest BCUT2D eigenvalue weighted by molar-refractivity contribution is -0.131. The number of likely N-dealkylation sites (tertiary alicyclic amines) is 1. The molecule has 5 heteroatoms. The second kappa shape index (κ2) is 6.06.